The van der Waals surface area contributed by atoms with E-state index in [1.54, 1.807) is 10.6 Å². The Morgan fingerprint density at radius 2 is 2.00 bits per heavy atom. The van der Waals surface area contributed by atoms with Crippen molar-refractivity contribution in [2.24, 2.45) is 0 Å². The van der Waals surface area contributed by atoms with Crippen molar-refractivity contribution >= 4 is 5.82 Å². The van der Waals surface area contributed by atoms with Gasteiger partial charge in [-0.2, -0.15) is 4.98 Å². The Balaban J connectivity index is 1.71. The molecule has 0 atom stereocenters. The minimum atomic E-state index is -0.884. The molecule has 128 valence electrons. The van der Waals surface area contributed by atoms with Crippen LogP contribution < -0.4 is 15.3 Å². The van der Waals surface area contributed by atoms with Gasteiger partial charge in [0.25, 0.3) is 0 Å². The lowest BCUT2D eigenvalue weighted by Crippen LogP contribution is -2.38. The molecule has 0 fully saturated rings. The number of nitrogens with zero attached hydrogens (tertiary/aromatic N) is 3. The van der Waals surface area contributed by atoms with Gasteiger partial charge < -0.3 is 9.64 Å². The maximum Gasteiger partial charge on any atom is 0.352 e. The fourth-order valence-electron chi connectivity index (χ4n) is 2.75. The van der Waals surface area contributed by atoms with Crippen LogP contribution in [0.4, 0.5) is 14.6 Å². The highest BCUT2D eigenvalue weighted by Gasteiger charge is 2.34. The molecule has 0 unspecified atom stereocenters. The van der Waals surface area contributed by atoms with E-state index in [2.05, 4.69) is 4.98 Å². The third-order valence-corrected chi connectivity index (χ3v) is 4.39. The predicted octanol–water partition coefficient (Wildman–Crippen LogP) is 2.37. The summed E-state index contributed by atoms with van der Waals surface area (Å²) in [4.78, 5) is 18.1. The molecule has 1 aromatic heterocycles. The summed E-state index contributed by atoms with van der Waals surface area (Å²) in [6.07, 6.45) is 0.388. The maximum atomic E-state index is 13.2. The lowest BCUT2D eigenvalue weighted by molar-refractivity contribution is 0.306. The number of rotatable bonds is 4. The van der Waals surface area contributed by atoms with Gasteiger partial charge in [0.15, 0.2) is 11.6 Å². The summed E-state index contributed by atoms with van der Waals surface area (Å²) in [5, 5.41) is 0. The van der Waals surface area contributed by atoms with E-state index in [4.69, 9.17) is 4.74 Å². The smallest absolute Gasteiger partial charge is 0.352 e. The van der Waals surface area contributed by atoms with Gasteiger partial charge in [0.1, 0.15) is 5.82 Å². The van der Waals surface area contributed by atoms with Gasteiger partial charge in [-0.15, -0.1) is 0 Å². The van der Waals surface area contributed by atoms with Crippen molar-refractivity contribution < 1.29 is 13.5 Å². The first-order valence-corrected chi connectivity index (χ1v) is 7.70. The monoisotopic (exact) mass is 335 g/mol. The van der Waals surface area contributed by atoms with Crippen LogP contribution in [0.15, 0.2) is 29.1 Å². The first kappa shape index (κ1) is 16.4. The summed E-state index contributed by atoms with van der Waals surface area (Å²) in [7, 11) is 1.92. The van der Waals surface area contributed by atoms with Gasteiger partial charge in [0.2, 0.25) is 5.88 Å². The minimum absolute atomic E-state index is 0.169. The van der Waals surface area contributed by atoms with Gasteiger partial charge in [-0.05, 0) is 31.5 Å². The molecule has 5 nitrogen and oxygen atoms in total. The molecule has 0 spiro atoms. The second kappa shape index (κ2) is 5.89. The molecule has 24 heavy (non-hydrogen) atoms. The van der Waals surface area contributed by atoms with E-state index in [0.717, 1.165) is 18.0 Å². The van der Waals surface area contributed by atoms with Crippen LogP contribution in [0, 0.1) is 11.6 Å². The topological polar surface area (TPSA) is 47.4 Å². The van der Waals surface area contributed by atoms with Crippen LogP contribution in [0.3, 0.4) is 0 Å². The molecule has 0 radical (unpaired) electrons. The Bertz CT molecular complexity index is 833. The Morgan fingerprint density at radius 1 is 1.25 bits per heavy atom. The second-order valence-electron chi connectivity index (χ2n) is 6.54. The lowest BCUT2D eigenvalue weighted by Gasteiger charge is -2.28. The van der Waals surface area contributed by atoms with Crippen molar-refractivity contribution in [3.63, 3.8) is 0 Å². The largest absolute Gasteiger partial charge is 0.477 e. The van der Waals surface area contributed by atoms with E-state index in [1.807, 2.05) is 25.8 Å². The molecule has 7 heteroatoms. The first-order chi connectivity index (χ1) is 11.3. The summed E-state index contributed by atoms with van der Waals surface area (Å²) in [6.45, 7) is 4.87. The minimum Gasteiger partial charge on any atom is -0.477 e. The Kier molecular flexibility index (Phi) is 4.03. The Labute approximate surface area is 138 Å². The van der Waals surface area contributed by atoms with Gasteiger partial charge in [-0.1, -0.05) is 6.07 Å². The lowest BCUT2D eigenvalue weighted by atomic mass is 10.1. The van der Waals surface area contributed by atoms with Gasteiger partial charge >= 0.3 is 5.69 Å². The normalized spacial score (nSPS) is 15.5. The molecule has 1 aromatic carbocycles. The zero-order chi connectivity index (χ0) is 17.5. The third-order valence-electron chi connectivity index (χ3n) is 4.39. The van der Waals surface area contributed by atoms with Gasteiger partial charge in [-0.3, -0.25) is 4.57 Å². The molecule has 0 N–H and O–H groups in total. The summed E-state index contributed by atoms with van der Waals surface area (Å²) < 4.78 is 33.2. The number of ether oxygens (including phenoxy) is 1. The number of benzene rings is 1. The molecule has 0 saturated carbocycles. The first-order valence-electron chi connectivity index (χ1n) is 7.70. The van der Waals surface area contributed by atoms with E-state index in [1.165, 1.54) is 6.07 Å². The Hall–Kier alpha value is -2.44. The molecule has 2 heterocycles. The maximum absolute atomic E-state index is 13.2. The molecule has 0 bridgehead atoms. The number of fused-ring (bicyclic) bond motifs is 1. The van der Waals surface area contributed by atoms with Crippen LogP contribution >= 0.6 is 0 Å². The quantitative estimate of drug-likeness (QED) is 0.861. The number of likely N-dealkylation sites (N-methyl/N-ethyl adjacent to an activating group) is 1. The van der Waals surface area contributed by atoms with E-state index >= 15 is 0 Å². The number of aromatic nitrogens is 2. The number of anilines is 1. The second-order valence-corrected chi connectivity index (χ2v) is 6.54. The number of hydrogen-bond donors (Lipinski definition) is 0. The molecule has 1 aliphatic heterocycles. The average Bonchev–Trinajstić information content (AvgIpc) is 2.75. The molecule has 0 aliphatic carbocycles. The van der Waals surface area contributed by atoms with Gasteiger partial charge in [-0.25, -0.2) is 13.6 Å². The van der Waals surface area contributed by atoms with E-state index in [0.29, 0.717) is 18.5 Å². The summed E-state index contributed by atoms with van der Waals surface area (Å²) in [6, 6.07) is 5.45. The SMILES string of the molecule is CN1c2cc(OCCc3ccc(F)c(F)c3)nc(=O)n2CC1(C)C. The number of halogens is 2. The van der Waals surface area contributed by atoms with E-state index in [-0.39, 0.29) is 23.7 Å². The average molecular weight is 335 g/mol. The molecule has 3 rings (SSSR count). The van der Waals surface area contributed by atoms with Crippen LogP contribution in [0.25, 0.3) is 0 Å². The van der Waals surface area contributed by atoms with Crippen molar-refractivity contribution in [2.75, 3.05) is 18.6 Å². The zero-order valence-corrected chi connectivity index (χ0v) is 13.8. The summed E-state index contributed by atoms with van der Waals surface area (Å²) in [5.74, 6) is -0.773. The van der Waals surface area contributed by atoms with E-state index in [9.17, 15) is 13.6 Å². The highest BCUT2D eigenvalue weighted by atomic mass is 19.2. The third kappa shape index (κ3) is 2.98. The predicted molar refractivity (Wildman–Crippen MR) is 86.5 cm³/mol. The van der Waals surface area contributed by atoms with Crippen molar-refractivity contribution in [3.8, 4) is 5.88 Å². The summed E-state index contributed by atoms with van der Waals surface area (Å²) in [5.41, 5.74) is 0.0933. The fraction of sp³-hybridized carbons (Fsp3) is 0.412. The molecule has 0 saturated heterocycles. The van der Waals surface area contributed by atoms with Crippen molar-refractivity contribution in [3.05, 3.63) is 51.9 Å². The van der Waals surface area contributed by atoms with Gasteiger partial charge in [0, 0.05) is 19.5 Å². The van der Waals surface area contributed by atoms with Crippen LogP contribution in [-0.2, 0) is 13.0 Å². The van der Waals surface area contributed by atoms with Crippen LogP contribution in [0.1, 0.15) is 19.4 Å². The highest BCUT2D eigenvalue weighted by Crippen LogP contribution is 2.31. The van der Waals surface area contributed by atoms with Crippen molar-refractivity contribution in [1.29, 1.82) is 0 Å². The van der Waals surface area contributed by atoms with Crippen LogP contribution in [-0.4, -0.2) is 28.7 Å². The molecular weight excluding hydrogens is 316 g/mol. The fourth-order valence-corrected chi connectivity index (χ4v) is 2.75. The highest BCUT2D eigenvalue weighted by molar-refractivity contribution is 5.47. The molecule has 1 aliphatic rings. The Morgan fingerprint density at radius 3 is 2.71 bits per heavy atom. The standard InChI is InChI=1S/C17H19F2N3O2/c1-17(2)10-22-15(21(17)3)9-14(20-16(22)23)24-7-6-11-4-5-12(18)13(19)8-11/h4-5,8-9H,6-7,10H2,1-3H3. The number of hydrogen-bond acceptors (Lipinski definition) is 4. The van der Waals surface area contributed by atoms with Crippen LogP contribution in [0.2, 0.25) is 0 Å². The summed E-state index contributed by atoms with van der Waals surface area (Å²) >= 11 is 0. The van der Waals surface area contributed by atoms with Crippen molar-refractivity contribution in [1.82, 2.24) is 9.55 Å². The molecular formula is C17H19F2N3O2. The van der Waals surface area contributed by atoms with Crippen molar-refractivity contribution in [2.45, 2.75) is 32.4 Å². The van der Waals surface area contributed by atoms with E-state index < -0.39 is 11.6 Å². The molecule has 0 amide bonds. The van der Waals surface area contributed by atoms with Crippen LogP contribution in [0.5, 0.6) is 5.88 Å². The zero-order valence-electron chi connectivity index (χ0n) is 13.8. The molecule has 2 aromatic rings. The van der Waals surface area contributed by atoms with Gasteiger partial charge in [0.05, 0.1) is 18.7 Å².